The molecular formula is C22H20F2N6O. The molecule has 0 amide bonds. The van der Waals surface area contributed by atoms with Crippen LogP contribution in [0.25, 0.3) is 16.6 Å². The van der Waals surface area contributed by atoms with E-state index in [1.165, 1.54) is 29.6 Å². The maximum absolute atomic E-state index is 15.2. The highest BCUT2D eigenvalue weighted by atomic mass is 19.1. The number of pyridine rings is 1. The van der Waals surface area contributed by atoms with Crippen molar-refractivity contribution in [1.29, 1.82) is 0 Å². The fourth-order valence-corrected chi connectivity index (χ4v) is 3.53. The average Bonchev–Trinajstić information content (AvgIpc) is 3.49. The zero-order valence-corrected chi connectivity index (χ0v) is 17.1. The highest BCUT2D eigenvalue weighted by Crippen LogP contribution is 2.32. The Morgan fingerprint density at radius 3 is 2.90 bits per heavy atom. The fourth-order valence-electron chi connectivity index (χ4n) is 3.53. The highest BCUT2D eigenvalue weighted by molar-refractivity contribution is 5.96. The van der Waals surface area contributed by atoms with E-state index in [0.717, 1.165) is 0 Å². The largest absolute Gasteiger partial charge is 0.395 e. The Morgan fingerprint density at radius 1 is 1.26 bits per heavy atom. The quantitative estimate of drug-likeness (QED) is 0.343. The molecule has 9 heteroatoms. The summed E-state index contributed by atoms with van der Waals surface area (Å²) in [6.07, 6.45) is 3.86. The Hall–Kier alpha value is -3.49. The molecule has 4 aromatic rings. The van der Waals surface area contributed by atoms with Gasteiger partial charge in [0.2, 0.25) is 0 Å². The van der Waals surface area contributed by atoms with Gasteiger partial charge in [-0.1, -0.05) is 12.1 Å². The summed E-state index contributed by atoms with van der Waals surface area (Å²) in [6, 6.07) is 7.93. The van der Waals surface area contributed by atoms with Gasteiger partial charge in [0.25, 0.3) is 0 Å². The van der Waals surface area contributed by atoms with Gasteiger partial charge in [0, 0.05) is 29.1 Å². The number of aromatic nitrogens is 5. The summed E-state index contributed by atoms with van der Waals surface area (Å²) in [6.45, 7) is 4.07. The van der Waals surface area contributed by atoms with E-state index < -0.39 is 17.6 Å². The summed E-state index contributed by atoms with van der Waals surface area (Å²) < 4.78 is 31.5. The minimum absolute atomic E-state index is 0.0971. The van der Waals surface area contributed by atoms with Crippen LogP contribution in [-0.2, 0) is 4.84 Å². The van der Waals surface area contributed by atoms with Crippen molar-refractivity contribution >= 4 is 22.3 Å². The molecule has 3 aromatic heterocycles. The molecule has 0 aliphatic heterocycles. The molecule has 1 atom stereocenters. The van der Waals surface area contributed by atoms with Gasteiger partial charge in [-0.05, 0) is 49.9 Å². The Labute approximate surface area is 176 Å². The standard InChI is InChI=1S/C22H20F2N6O/c1-12(20-16(23)10-18-15(21(20)24)4-3-9-25-18)22-27-26-19-8-7-17(28-30(19)22)13(2)29-31-11-14-5-6-14/h3-4,7-10,12,14H,5-6,11H2,1-2H3/b29-13-. The maximum atomic E-state index is 15.2. The molecule has 158 valence electrons. The van der Waals surface area contributed by atoms with Gasteiger partial charge in [0.1, 0.15) is 29.6 Å². The second-order valence-electron chi connectivity index (χ2n) is 7.84. The summed E-state index contributed by atoms with van der Waals surface area (Å²) in [5.41, 5.74) is 1.81. The summed E-state index contributed by atoms with van der Waals surface area (Å²) in [7, 11) is 0. The first kappa shape index (κ1) is 19.5. The number of hydrogen-bond donors (Lipinski definition) is 0. The van der Waals surface area contributed by atoms with Gasteiger partial charge >= 0.3 is 0 Å². The molecular weight excluding hydrogens is 402 g/mol. The predicted molar refractivity (Wildman–Crippen MR) is 111 cm³/mol. The van der Waals surface area contributed by atoms with E-state index in [-0.39, 0.29) is 16.5 Å². The van der Waals surface area contributed by atoms with Crippen molar-refractivity contribution in [1.82, 2.24) is 24.8 Å². The van der Waals surface area contributed by atoms with Crippen molar-refractivity contribution in [3.05, 3.63) is 65.2 Å². The van der Waals surface area contributed by atoms with Crippen molar-refractivity contribution < 1.29 is 13.6 Å². The molecule has 1 fully saturated rings. The molecule has 1 aliphatic carbocycles. The molecule has 1 unspecified atom stereocenters. The van der Waals surface area contributed by atoms with Crippen LogP contribution in [0.15, 0.2) is 41.7 Å². The summed E-state index contributed by atoms with van der Waals surface area (Å²) in [5, 5.41) is 17.2. The van der Waals surface area contributed by atoms with Crippen LogP contribution in [0.1, 0.15) is 49.7 Å². The Morgan fingerprint density at radius 2 is 2.10 bits per heavy atom. The molecule has 1 aliphatic rings. The molecule has 7 nitrogen and oxygen atoms in total. The molecule has 0 saturated heterocycles. The molecule has 3 heterocycles. The van der Waals surface area contributed by atoms with Crippen LogP contribution in [0, 0.1) is 17.6 Å². The first-order chi connectivity index (χ1) is 15.0. The van der Waals surface area contributed by atoms with Crippen LogP contribution in [-0.4, -0.2) is 37.1 Å². The summed E-state index contributed by atoms with van der Waals surface area (Å²) in [4.78, 5) is 9.42. The van der Waals surface area contributed by atoms with Crippen LogP contribution >= 0.6 is 0 Å². The van der Waals surface area contributed by atoms with Crippen molar-refractivity contribution in [2.75, 3.05) is 6.61 Å². The molecule has 5 rings (SSSR count). The molecule has 0 bridgehead atoms. The third kappa shape index (κ3) is 3.60. The van der Waals surface area contributed by atoms with Gasteiger partial charge in [-0.2, -0.15) is 9.61 Å². The van der Waals surface area contributed by atoms with Gasteiger partial charge < -0.3 is 4.84 Å². The number of benzene rings is 1. The second-order valence-corrected chi connectivity index (χ2v) is 7.84. The average molecular weight is 422 g/mol. The van der Waals surface area contributed by atoms with Gasteiger partial charge in [-0.15, -0.1) is 10.2 Å². The number of rotatable bonds is 6. The van der Waals surface area contributed by atoms with E-state index in [1.54, 1.807) is 38.1 Å². The zero-order chi connectivity index (χ0) is 21.5. The van der Waals surface area contributed by atoms with E-state index >= 15 is 4.39 Å². The van der Waals surface area contributed by atoms with Gasteiger partial charge in [0.05, 0.1) is 5.52 Å². The van der Waals surface area contributed by atoms with Crippen LogP contribution in [0.5, 0.6) is 0 Å². The Bertz CT molecular complexity index is 1310. The maximum Gasteiger partial charge on any atom is 0.177 e. The summed E-state index contributed by atoms with van der Waals surface area (Å²) >= 11 is 0. The van der Waals surface area contributed by atoms with Crippen LogP contribution in [0.2, 0.25) is 0 Å². The third-order valence-corrected chi connectivity index (χ3v) is 5.52. The number of nitrogens with zero attached hydrogens (tertiary/aromatic N) is 6. The normalized spacial score (nSPS) is 15.5. The lowest BCUT2D eigenvalue weighted by atomic mass is 9.97. The molecule has 0 spiro atoms. The molecule has 0 N–H and O–H groups in total. The lowest BCUT2D eigenvalue weighted by Gasteiger charge is -2.14. The second kappa shape index (κ2) is 7.64. The van der Waals surface area contributed by atoms with E-state index in [9.17, 15) is 4.39 Å². The first-order valence-corrected chi connectivity index (χ1v) is 10.1. The van der Waals surface area contributed by atoms with E-state index in [0.29, 0.717) is 35.4 Å². The lowest BCUT2D eigenvalue weighted by Crippen LogP contribution is -2.11. The molecule has 0 radical (unpaired) electrons. The number of halogens is 2. The minimum Gasteiger partial charge on any atom is -0.395 e. The monoisotopic (exact) mass is 422 g/mol. The predicted octanol–water partition coefficient (Wildman–Crippen LogP) is 4.25. The van der Waals surface area contributed by atoms with E-state index in [2.05, 4.69) is 25.4 Å². The smallest absolute Gasteiger partial charge is 0.177 e. The first-order valence-electron chi connectivity index (χ1n) is 10.1. The molecule has 1 saturated carbocycles. The zero-order valence-electron chi connectivity index (χ0n) is 17.1. The van der Waals surface area contributed by atoms with Crippen molar-refractivity contribution in [3.8, 4) is 0 Å². The Balaban J connectivity index is 1.53. The number of hydrogen-bond acceptors (Lipinski definition) is 6. The van der Waals surface area contributed by atoms with Crippen LogP contribution in [0.4, 0.5) is 8.78 Å². The third-order valence-electron chi connectivity index (χ3n) is 5.52. The number of fused-ring (bicyclic) bond motifs is 2. The lowest BCUT2D eigenvalue weighted by molar-refractivity contribution is 0.134. The number of oxime groups is 1. The van der Waals surface area contributed by atoms with Gasteiger partial charge in [0.15, 0.2) is 11.5 Å². The topological polar surface area (TPSA) is 77.6 Å². The highest BCUT2D eigenvalue weighted by Gasteiger charge is 2.25. The van der Waals surface area contributed by atoms with Crippen molar-refractivity contribution in [3.63, 3.8) is 0 Å². The van der Waals surface area contributed by atoms with Gasteiger partial charge in [-0.25, -0.2) is 8.78 Å². The van der Waals surface area contributed by atoms with E-state index in [4.69, 9.17) is 4.84 Å². The van der Waals surface area contributed by atoms with E-state index in [1.807, 2.05) is 0 Å². The fraction of sp³-hybridized carbons (Fsp3) is 0.318. The molecule has 31 heavy (non-hydrogen) atoms. The Kier molecular flexibility index (Phi) is 4.80. The molecule has 1 aromatic carbocycles. The van der Waals surface area contributed by atoms with Crippen LogP contribution in [0.3, 0.4) is 0 Å². The van der Waals surface area contributed by atoms with Crippen molar-refractivity contribution in [2.24, 2.45) is 11.1 Å². The van der Waals surface area contributed by atoms with Crippen LogP contribution < -0.4 is 0 Å². The SMILES string of the molecule is C/C(=N/OCC1CC1)c1ccc2nnc(C(C)c3c(F)cc4ncccc4c3F)n2n1. The van der Waals surface area contributed by atoms with Crippen molar-refractivity contribution in [2.45, 2.75) is 32.6 Å². The van der Waals surface area contributed by atoms with Gasteiger partial charge in [-0.3, -0.25) is 4.98 Å². The minimum atomic E-state index is -0.731. The summed E-state index contributed by atoms with van der Waals surface area (Å²) in [5.74, 6) is -1.15.